The Bertz CT molecular complexity index is 1320. The minimum absolute atomic E-state index is 0.0933. The summed E-state index contributed by atoms with van der Waals surface area (Å²) in [6.07, 6.45) is 2.70. The van der Waals surface area contributed by atoms with E-state index in [1.165, 1.54) is 6.07 Å². The second-order valence-electron chi connectivity index (χ2n) is 9.72. The molecule has 5 rings (SSSR count). The number of piperidine rings is 1. The minimum Gasteiger partial charge on any atom is -0.371 e. The number of carbonyl (C=O) groups excluding carboxylic acids is 2. The third-order valence-electron chi connectivity index (χ3n) is 7.46. The van der Waals surface area contributed by atoms with Gasteiger partial charge in [-0.15, -0.1) is 0 Å². The van der Waals surface area contributed by atoms with Crippen molar-refractivity contribution in [2.45, 2.75) is 43.9 Å². The van der Waals surface area contributed by atoms with Crippen LogP contribution < -0.4 is 10.2 Å². The number of alkyl halides is 3. The van der Waals surface area contributed by atoms with E-state index in [1.807, 2.05) is 25.2 Å². The number of halogens is 3. The third kappa shape index (κ3) is 5.20. The van der Waals surface area contributed by atoms with Gasteiger partial charge in [0.2, 0.25) is 0 Å². The first-order valence-electron chi connectivity index (χ1n) is 12.6. The molecule has 1 N–H and O–H groups in total. The maximum Gasteiger partial charge on any atom is 0.434 e. The molecule has 2 aliphatic rings. The molecule has 0 spiro atoms. The van der Waals surface area contributed by atoms with Crippen LogP contribution in [-0.4, -0.2) is 52.9 Å². The minimum atomic E-state index is -4.74. The molecule has 198 valence electrons. The number of benzene rings is 1. The van der Waals surface area contributed by atoms with Crippen LogP contribution in [0.5, 0.6) is 0 Å². The van der Waals surface area contributed by atoms with Gasteiger partial charge in [0.05, 0.1) is 11.6 Å². The molecule has 3 aromatic rings. The van der Waals surface area contributed by atoms with Crippen LogP contribution in [0.3, 0.4) is 0 Å². The summed E-state index contributed by atoms with van der Waals surface area (Å²) in [5.74, 6) is -0.947. The van der Waals surface area contributed by atoms with Crippen LogP contribution in [0.25, 0.3) is 0 Å². The first-order valence-corrected chi connectivity index (χ1v) is 12.6. The number of amides is 2. The van der Waals surface area contributed by atoms with E-state index in [1.54, 1.807) is 29.4 Å². The van der Waals surface area contributed by atoms with Crippen LogP contribution in [0, 0.1) is 0 Å². The lowest BCUT2D eigenvalue weighted by Gasteiger charge is -2.38. The molecule has 7 nitrogen and oxygen atoms in total. The van der Waals surface area contributed by atoms with Gasteiger partial charge in [0, 0.05) is 56.0 Å². The number of nitrogens with zero attached hydrogens (tertiary/aromatic N) is 4. The lowest BCUT2D eigenvalue weighted by molar-refractivity contribution is -0.141. The number of nitrogens with one attached hydrogen (secondary N) is 1. The lowest BCUT2D eigenvalue weighted by atomic mass is 10.00. The van der Waals surface area contributed by atoms with Gasteiger partial charge >= 0.3 is 6.18 Å². The highest BCUT2D eigenvalue weighted by Gasteiger charge is 2.38. The molecule has 1 saturated heterocycles. The van der Waals surface area contributed by atoms with Crippen LogP contribution in [0.15, 0.2) is 61.1 Å². The molecule has 1 aliphatic carbocycles. The molecule has 1 aromatic carbocycles. The fraction of sp³-hybridized carbons (Fsp3) is 0.357. The van der Waals surface area contributed by atoms with Crippen LogP contribution >= 0.6 is 0 Å². The van der Waals surface area contributed by atoms with Gasteiger partial charge in [-0.3, -0.25) is 19.6 Å². The molecular formula is C28H28F3N5O2. The SMILES string of the molecule is CN(C(=O)c1ccc2c(c1)[C@H](NC(=O)c1cccnc1C(F)(F)F)CC2)C1CCN(c2ccncc2)CC1. The average molecular weight is 524 g/mol. The van der Waals surface area contributed by atoms with E-state index in [0.717, 1.165) is 55.0 Å². The Morgan fingerprint density at radius 3 is 2.47 bits per heavy atom. The number of fused-ring (bicyclic) bond motifs is 1. The summed E-state index contributed by atoms with van der Waals surface area (Å²) < 4.78 is 40.1. The van der Waals surface area contributed by atoms with Gasteiger partial charge in [-0.1, -0.05) is 6.07 Å². The summed E-state index contributed by atoms with van der Waals surface area (Å²) in [4.78, 5) is 37.7. The molecule has 10 heteroatoms. The van der Waals surface area contributed by atoms with Crippen LogP contribution in [0.1, 0.15) is 62.8 Å². The normalized spacial score (nSPS) is 17.7. The molecule has 1 fully saturated rings. The number of rotatable bonds is 5. The van der Waals surface area contributed by atoms with Gasteiger partial charge in [0.15, 0.2) is 5.69 Å². The van der Waals surface area contributed by atoms with Crippen molar-refractivity contribution in [3.8, 4) is 0 Å². The van der Waals surface area contributed by atoms with Crippen LogP contribution in [0.4, 0.5) is 18.9 Å². The zero-order chi connectivity index (χ0) is 26.9. The Morgan fingerprint density at radius 2 is 1.76 bits per heavy atom. The molecule has 0 saturated carbocycles. The topological polar surface area (TPSA) is 78.4 Å². The predicted molar refractivity (Wildman–Crippen MR) is 136 cm³/mol. The van der Waals surface area contributed by atoms with E-state index in [4.69, 9.17) is 0 Å². The van der Waals surface area contributed by atoms with Crippen LogP contribution in [-0.2, 0) is 12.6 Å². The summed E-state index contributed by atoms with van der Waals surface area (Å²) in [5, 5.41) is 2.73. The molecule has 0 unspecified atom stereocenters. The molecule has 38 heavy (non-hydrogen) atoms. The van der Waals surface area contributed by atoms with Crippen molar-refractivity contribution in [1.29, 1.82) is 0 Å². The lowest BCUT2D eigenvalue weighted by Crippen LogP contribution is -2.45. The van der Waals surface area contributed by atoms with Gasteiger partial charge in [-0.05, 0) is 73.2 Å². The van der Waals surface area contributed by atoms with Gasteiger partial charge in [-0.2, -0.15) is 13.2 Å². The van der Waals surface area contributed by atoms with Crippen molar-refractivity contribution in [3.05, 3.63) is 89.0 Å². The average Bonchev–Trinajstić information content (AvgIpc) is 3.34. The summed E-state index contributed by atoms with van der Waals surface area (Å²) in [6, 6.07) is 11.4. The summed E-state index contributed by atoms with van der Waals surface area (Å²) in [5.41, 5.74) is 1.63. The van der Waals surface area contributed by atoms with E-state index < -0.39 is 29.4 Å². The summed E-state index contributed by atoms with van der Waals surface area (Å²) >= 11 is 0. The fourth-order valence-corrected chi connectivity index (χ4v) is 5.37. The van der Waals surface area contributed by atoms with Gasteiger partial charge in [-0.25, -0.2) is 0 Å². The zero-order valence-electron chi connectivity index (χ0n) is 20.9. The molecule has 0 radical (unpaired) electrons. The molecule has 1 atom stereocenters. The highest BCUT2D eigenvalue weighted by molar-refractivity contribution is 5.96. The number of hydrogen-bond donors (Lipinski definition) is 1. The van der Waals surface area contributed by atoms with Crippen LogP contribution in [0.2, 0.25) is 0 Å². The van der Waals surface area contributed by atoms with Gasteiger partial charge < -0.3 is 15.1 Å². The highest BCUT2D eigenvalue weighted by Crippen LogP contribution is 2.34. The molecule has 1 aliphatic heterocycles. The third-order valence-corrected chi connectivity index (χ3v) is 7.46. The number of aryl methyl sites for hydroxylation is 1. The molecular weight excluding hydrogens is 495 g/mol. The number of carbonyl (C=O) groups is 2. The van der Waals surface area contributed by atoms with Crippen molar-refractivity contribution >= 4 is 17.5 Å². The van der Waals surface area contributed by atoms with E-state index in [9.17, 15) is 22.8 Å². The van der Waals surface area contributed by atoms with Gasteiger partial charge in [0.25, 0.3) is 11.8 Å². The van der Waals surface area contributed by atoms with Gasteiger partial charge in [0.1, 0.15) is 0 Å². The molecule has 2 amide bonds. The summed E-state index contributed by atoms with van der Waals surface area (Å²) in [7, 11) is 1.81. The molecule has 2 aromatic heterocycles. The largest absolute Gasteiger partial charge is 0.434 e. The zero-order valence-corrected chi connectivity index (χ0v) is 20.9. The maximum atomic E-state index is 13.4. The summed E-state index contributed by atoms with van der Waals surface area (Å²) in [6.45, 7) is 1.66. The monoisotopic (exact) mass is 523 g/mol. The maximum absolute atomic E-state index is 13.4. The Balaban J connectivity index is 1.27. The van der Waals surface area contributed by atoms with Crippen molar-refractivity contribution < 1.29 is 22.8 Å². The molecule has 3 heterocycles. The quantitative estimate of drug-likeness (QED) is 0.527. The van der Waals surface area contributed by atoms with E-state index in [-0.39, 0.29) is 11.9 Å². The standard InChI is InChI=1S/C28H28F3N5O2/c1-35(20-10-15-36(16-11-20)21-8-13-32-14-9-21)27(38)19-5-4-18-6-7-24(23(18)17-19)34-26(37)22-3-2-12-33-25(22)28(29,30)31/h2-5,8-9,12-14,17,20,24H,6-7,10-11,15-16H2,1H3,(H,34,37)/t24-/m1/s1. The van der Waals surface area contributed by atoms with Crippen molar-refractivity contribution in [1.82, 2.24) is 20.2 Å². The van der Waals surface area contributed by atoms with E-state index >= 15 is 0 Å². The Hall–Kier alpha value is -3.95. The van der Waals surface area contributed by atoms with Crippen molar-refractivity contribution in [2.24, 2.45) is 0 Å². The van der Waals surface area contributed by atoms with E-state index in [0.29, 0.717) is 18.4 Å². The Morgan fingerprint density at radius 1 is 1.03 bits per heavy atom. The van der Waals surface area contributed by atoms with E-state index in [2.05, 4.69) is 20.2 Å². The second-order valence-corrected chi connectivity index (χ2v) is 9.72. The second kappa shape index (κ2) is 10.4. The predicted octanol–water partition coefficient (Wildman–Crippen LogP) is 4.65. The van der Waals surface area contributed by atoms with Crippen molar-refractivity contribution in [3.63, 3.8) is 0 Å². The first kappa shape index (κ1) is 25.7. The highest BCUT2D eigenvalue weighted by atomic mass is 19.4. The smallest absolute Gasteiger partial charge is 0.371 e. The molecule has 0 bridgehead atoms. The fourth-order valence-electron chi connectivity index (χ4n) is 5.37. The number of anilines is 1. The van der Waals surface area contributed by atoms with Crippen molar-refractivity contribution in [2.75, 3.05) is 25.0 Å². The first-order chi connectivity index (χ1) is 18.2. The Kier molecular flexibility index (Phi) is 7.05. The number of hydrogen-bond acceptors (Lipinski definition) is 5. The number of aromatic nitrogens is 2. The number of pyridine rings is 2. The Labute approximate surface area is 218 Å².